The van der Waals surface area contributed by atoms with E-state index in [1.807, 2.05) is 13.8 Å². The van der Waals surface area contributed by atoms with Gasteiger partial charge in [-0.05, 0) is 13.3 Å². The summed E-state index contributed by atoms with van der Waals surface area (Å²) in [5.41, 5.74) is 0.390. The van der Waals surface area contributed by atoms with Crippen LogP contribution < -0.4 is 5.69 Å². The highest BCUT2D eigenvalue weighted by Crippen LogP contribution is 2.26. The SMILES string of the molecule is CCC(C)Sc1nc(=O)[nH]c(C)c1C(=O)OC. The van der Waals surface area contributed by atoms with Gasteiger partial charge in [0.15, 0.2) is 0 Å². The molecule has 0 aliphatic rings. The summed E-state index contributed by atoms with van der Waals surface area (Å²) < 4.78 is 4.70. The van der Waals surface area contributed by atoms with Gasteiger partial charge in [0.2, 0.25) is 0 Å². The average molecular weight is 256 g/mol. The van der Waals surface area contributed by atoms with Crippen LogP contribution in [0.1, 0.15) is 36.3 Å². The number of esters is 1. The first-order valence-electron chi connectivity index (χ1n) is 5.35. The van der Waals surface area contributed by atoms with E-state index in [1.54, 1.807) is 6.92 Å². The van der Waals surface area contributed by atoms with Gasteiger partial charge in [0.05, 0.1) is 7.11 Å². The highest BCUT2D eigenvalue weighted by atomic mass is 32.2. The Labute approximate surface area is 104 Å². The lowest BCUT2D eigenvalue weighted by atomic mass is 10.2. The number of carbonyl (C=O) groups is 1. The fourth-order valence-electron chi connectivity index (χ4n) is 1.26. The number of nitrogens with one attached hydrogen (secondary N) is 1. The predicted molar refractivity (Wildman–Crippen MR) is 66.5 cm³/mol. The van der Waals surface area contributed by atoms with Crippen molar-refractivity contribution in [2.45, 2.75) is 37.5 Å². The van der Waals surface area contributed by atoms with Crippen molar-refractivity contribution in [2.24, 2.45) is 0 Å². The van der Waals surface area contributed by atoms with E-state index in [2.05, 4.69) is 9.97 Å². The minimum absolute atomic E-state index is 0.284. The van der Waals surface area contributed by atoms with Crippen molar-refractivity contribution < 1.29 is 9.53 Å². The third-order valence-corrected chi connectivity index (χ3v) is 3.62. The molecule has 0 aliphatic heterocycles. The molecule has 1 aromatic rings. The Balaban J connectivity index is 3.25. The van der Waals surface area contributed by atoms with E-state index in [1.165, 1.54) is 18.9 Å². The van der Waals surface area contributed by atoms with Crippen LogP contribution in [0.15, 0.2) is 9.82 Å². The van der Waals surface area contributed by atoms with Crippen molar-refractivity contribution in [3.05, 3.63) is 21.7 Å². The Hall–Kier alpha value is -1.30. The van der Waals surface area contributed by atoms with Gasteiger partial charge in [-0.2, -0.15) is 4.98 Å². The average Bonchev–Trinajstić information content (AvgIpc) is 2.27. The van der Waals surface area contributed by atoms with Gasteiger partial charge in [-0.1, -0.05) is 13.8 Å². The van der Waals surface area contributed by atoms with E-state index >= 15 is 0 Å². The zero-order valence-corrected chi connectivity index (χ0v) is 11.2. The molecule has 0 saturated heterocycles. The van der Waals surface area contributed by atoms with Crippen LogP contribution in [0.4, 0.5) is 0 Å². The number of aromatic amines is 1. The van der Waals surface area contributed by atoms with Crippen molar-refractivity contribution >= 4 is 17.7 Å². The number of ether oxygens (including phenoxy) is 1. The lowest BCUT2D eigenvalue weighted by Gasteiger charge is -2.11. The lowest BCUT2D eigenvalue weighted by Crippen LogP contribution is -2.19. The third kappa shape index (κ3) is 3.33. The predicted octanol–water partition coefficient (Wildman–Crippen LogP) is 1.76. The first kappa shape index (κ1) is 13.8. The molecule has 0 spiro atoms. The van der Waals surface area contributed by atoms with Crippen LogP contribution in [-0.2, 0) is 4.74 Å². The molecule has 1 atom stereocenters. The summed E-state index contributed by atoms with van der Waals surface area (Å²) in [6.45, 7) is 5.72. The van der Waals surface area contributed by atoms with Gasteiger partial charge in [0.25, 0.3) is 0 Å². The Morgan fingerprint density at radius 3 is 2.76 bits per heavy atom. The molecule has 0 aromatic carbocycles. The molecule has 1 unspecified atom stereocenters. The van der Waals surface area contributed by atoms with Crippen LogP contribution in [0, 0.1) is 6.92 Å². The second-order valence-corrected chi connectivity index (χ2v) is 5.10. The van der Waals surface area contributed by atoms with Crippen LogP contribution in [0.25, 0.3) is 0 Å². The van der Waals surface area contributed by atoms with Crippen molar-refractivity contribution in [3.8, 4) is 0 Å². The molecule has 0 saturated carbocycles. The number of thioether (sulfide) groups is 1. The number of rotatable bonds is 4. The van der Waals surface area contributed by atoms with E-state index in [9.17, 15) is 9.59 Å². The molecule has 1 rings (SSSR count). The standard InChI is InChI=1S/C11H16N2O3S/c1-5-6(2)17-9-8(10(14)16-4)7(3)12-11(15)13-9/h6H,5H2,1-4H3,(H,12,13,15). The number of H-pyrrole nitrogens is 1. The summed E-state index contributed by atoms with van der Waals surface area (Å²) in [7, 11) is 1.31. The van der Waals surface area contributed by atoms with Crippen LogP contribution in [0.2, 0.25) is 0 Å². The maximum Gasteiger partial charge on any atom is 0.346 e. The first-order valence-corrected chi connectivity index (χ1v) is 6.23. The van der Waals surface area contributed by atoms with Crippen LogP contribution in [0.5, 0.6) is 0 Å². The molecule has 0 bridgehead atoms. The molecule has 94 valence electrons. The number of carbonyl (C=O) groups excluding carboxylic acids is 1. The number of aromatic nitrogens is 2. The van der Waals surface area contributed by atoms with Crippen LogP contribution in [-0.4, -0.2) is 28.3 Å². The van der Waals surface area contributed by atoms with E-state index in [0.717, 1.165) is 6.42 Å². The molecule has 1 aromatic heterocycles. The van der Waals surface area contributed by atoms with Crippen molar-refractivity contribution in [3.63, 3.8) is 0 Å². The van der Waals surface area contributed by atoms with E-state index < -0.39 is 11.7 Å². The van der Waals surface area contributed by atoms with E-state index in [0.29, 0.717) is 16.3 Å². The molecular formula is C11H16N2O3S. The van der Waals surface area contributed by atoms with Crippen molar-refractivity contribution in [1.82, 2.24) is 9.97 Å². The quantitative estimate of drug-likeness (QED) is 0.505. The fraction of sp³-hybridized carbons (Fsp3) is 0.545. The highest BCUT2D eigenvalue weighted by Gasteiger charge is 2.19. The van der Waals surface area contributed by atoms with Gasteiger partial charge >= 0.3 is 11.7 Å². The van der Waals surface area contributed by atoms with Gasteiger partial charge in [-0.3, -0.25) is 0 Å². The first-order chi connectivity index (χ1) is 7.99. The number of methoxy groups -OCH3 is 1. The molecule has 1 heterocycles. The maximum absolute atomic E-state index is 11.6. The molecule has 0 aliphatic carbocycles. The minimum Gasteiger partial charge on any atom is -0.465 e. The second-order valence-electron chi connectivity index (χ2n) is 3.68. The maximum atomic E-state index is 11.6. The third-order valence-electron chi connectivity index (χ3n) is 2.36. The number of hydrogen-bond donors (Lipinski definition) is 1. The molecule has 0 amide bonds. The monoisotopic (exact) mass is 256 g/mol. The second kappa shape index (κ2) is 5.86. The van der Waals surface area contributed by atoms with Crippen molar-refractivity contribution in [2.75, 3.05) is 7.11 Å². The Morgan fingerprint density at radius 1 is 1.59 bits per heavy atom. The smallest absolute Gasteiger partial charge is 0.346 e. The lowest BCUT2D eigenvalue weighted by molar-refractivity contribution is 0.0594. The number of aryl methyl sites for hydroxylation is 1. The highest BCUT2D eigenvalue weighted by molar-refractivity contribution is 7.99. The molecule has 17 heavy (non-hydrogen) atoms. The fourth-order valence-corrected chi connectivity index (χ4v) is 2.30. The molecule has 0 fully saturated rings. The summed E-state index contributed by atoms with van der Waals surface area (Å²) in [4.78, 5) is 29.3. The van der Waals surface area contributed by atoms with Crippen LogP contribution in [0.3, 0.4) is 0 Å². The number of hydrogen-bond acceptors (Lipinski definition) is 5. The van der Waals surface area contributed by atoms with Gasteiger partial charge in [0, 0.05) is 10.9 Å². The molecule has 1 N–H and O–H groups in total. The molecule has 6 heteroatoms. The van der Waals surface area contributed by atoms with Gasteiger partial charge in [-0.15, -0.1) is 11.8 Å². The Bertz CT molecular complexity index is 470. The molecular weight excluding hydrogens is 240 g/mol. The summed E-state index contributed by atoms with van der Waals surface area (Å²) in [5.74, 6) is -0.475. The summed E-state index contributed by atoms with van der Waals surface area (Å²) in [6, 6.07) is 0. The van der Waals surface area contributed by atoms with Gasteiger partial charge in [0.1, 0.15) is 10.6 Å². The van der Waals surface area contributed by atoms with E-state index in [-0.39, 0.29) is 5.25 Å². The summed E-state index contributed by atoms with van der Waals surface area (Å²) in [6.07, 6.45) is 0.929. The van der Waals surface area contributed by atoms with Crippen LogP contribution >= 0.6 is 11.8 Å². The Kier molecular flexibility index (Phi) is 4.74. The van der Waals surface area contributed by atoms with E-state index in [4.69, 9.17) is 4.74 Å². The topological polar surface area (TPSA) is 72.0 Å². The van der Waals surface area contributed by atoms with Gasteiger partial charge in [-0.25, -0.2) is 9.59 Å². The number of nitrogens with zero attached hydrogens (tertiary/aromatic N) is 1. The molecule has 5 nitrogen and oxygen atoms in total. The zero-order chi connectivity index (χ0) is 13.0. The minimum atomic E-state index is -0.475. The van der Waals surface area contributed by atoms with Crippen molar-refractivity contribution in [1.29, 1.82) is 0 Å². The summed E-state index contributed by atoms with van der Waals surface area (Å²) >= 11 is 1.41. The normalized spacial score (nSPS) is 12.2. The van der Waals surface area contributed by atoms with Gasteiger partial charge < -0.3 is 9.72 Å². The largest absolute Gasteiger partial charge is 0.465 e. The zero-order valence-electron chi connectivity index (χ0n) is 10.4. The molecule has 0 radical (unpaired) electrons. The summed E-state index contributed by atoms with van der Waals surface area (Å²) in [5, 5.41) is 0.722. The Morgan fingerprint density at radius 2 is 2.24 bits per heavy atom.